The van der Waals surface area contributed by atoms with Crippen molar-refractivity contribution in [1.82, 2.24) is 0 Å². The number of halogens is 2. The summed E-state index contributed by atoms with van der Waals surface area (Å²) < 4.78 is 23.9. The number of amides is 1. The van der Waals surface area contributed by atoms with Crippen LogP contribution in [0.2, 0.25) is 0 Å². The number of hydrogen-bond acceptors (Lipinski definition) is 4. The molecule has 0 aliphatic heterocycles. The quantitative estimate of drug-likeness (QED) is 0.696. The highest BCUT2D eigenvalue weighted by atomic mass is 35.5. The molecule has 0 aliphatic rings. The minimum atomic E-state index is -3.32. The van der Waals surface area contributed by atoms with Crippen LogP contribution in [0.1, 0.15) is 39.5 Å². The highest BCUT2D eigenvalue weighted by Crippen LogP contribution is 2.16. The molecule has 0 aromatic carbocycles. The molecule has 0 saturated heterocycles. The van der Waals surface area contributed by atoms with Crippen molar-refractivity contribution in [1.29, 1.82) is 0 Å². The van der Waals surface area contributed by atoms with Gasteiger partial charge >= 0.3 is 0 Å². The van der Waals surface area contributed by atoms with Gasteiger partial charge in [-0.1, -0.05) is 26.7 Å². The third kappa shape index (κ3) is 8.13. The Labute approximate surface area is 122 Å². The number of sulfone groups is 1. The number of carbonyl (C=O) groups is 1. The second kappa shape index (κ2) is 10.8. The van der Waals surface area contributed by atoms with Crippen LogP contribution in [0.15, 0.2) is 0 Å². The Morgan fingerprint density at radius 1 is 1.11 bits per heavy atom. The van der Waals surface area contributed by atoms with Gasteiger partial charge in [-0.2, -0.15) is 0 Å². The van der Waals surface area contributed by atoms with E-state index in [1.165, 1.54) is 0 Å². The Kier molecular flexibility index (Phi) is 13.9. The molecule has 0 bridgehead atoms. The zero-order valence-electron chi connectivity index (χ0n) is 10.8. The molecule has 0 aromatic heterocycles. The van der Waals surface area contributed by atoms with Gasteiger partial charge in [0, 0.05) is 0 Å². The minimum Gasteiger partial charge on any atom is -0.368 e. The predicted molar refractivity (Wildman–Crippen MR) is 79.1 cm³/mol. The van der Waals surface area contributed by atoms with Crippen molar-refractivity contribution in [2.45, 2.75) is 50.8 Å². The Morgan fingerprint density at radius 3 is 1.78 bits per heavy atom. The van der Waals surface area contributed by atoms with Crippen LogP contribution in [0.4, 0.5) is 0 Å². The Morgan fingerprint density at radius 2 is 1.50 bits per heavy atom. The SMILES string of the molecule is CCCC(CCC)S(=O)(=O)C[C@@H](N)C(N)=O.Cl.Cl. The Balaban J connectivity index is -0.00000112. The maximum atomic E-state index is 11.9. The van der Waals surface area contributed by atoms with Crippen molar-refractivity contribution in [2.24, 2.45) is 11.5 Å². The van der Waals surface area contributed by atoms with Crippen LogP contribution in [0.25, 0.3) is 0 Å². The maximum absolute atomic E-state index is 11.9. The molecule has 1 atom stereocenters. The highest BCUT2D eigenvalue weighted by molar-refractivity contribution is 7.92. The molecule has 18 heavy (non-hydrogen) atoms. The summed E-state index contributed by atoms with van der Waals surface area (Å²) in [5.74, 6) is -1.11. The average molecular weight is 323 g/mol. The predicted octanol–water partition coefficient (Wildman–Crippen LogP) is 1.03. The summed E-state index contributed by atoms with van der Waals surface area (Å²) in [5.41, 5.74) is 10.3. The van der Waals surface area contributed by atoms with Gasteiger partial charge in [0.25, 0.3) is 0 Å². The Hall–Kier alpha value is -0.0400. The number of hydrogen-bond donors (Lipinski definition) is 2. The van der Waals surface area contributed by atoms with Crippen molar-refractivity contribution < 1.29 is 13.2 Å². The maximum Gasteiger partial charge on any atom is 0.235 e. The molecule has 0 heterocycles. The molecule has 8 heteroatoms. The first-order valence-corrected chi connectivity index (χ1v) is 7.33. The molecular formula is C10H24Cl2N2O3S. The molecule has 0 radical (unpaired) electrons. The van der Waals surface area contributed by atoms with E-state index in [-0.39, 0.29) is 30.6 Å². The van der Waals surface area contributed by atoms with Gasteiger partial charge in [-0.05, 0) is 12.8 Å². The first-order valence-electron chi connectivity index (χ1n) is 5.61. The zero-order valence-corrected chi connectivity index (χ0v) is 13.2. The van der Waals surface area contributed by atoms with E-state index >= 15 is 0 Å². The number of carbonyl (C=O) groups excluding carboxylic acids is 1. The fourth-order valence-electron chi connectivity index (χ4n) is 1.62. The third-order valence-corrected chi connectivity index (χ3v) is 4.82. The second-order valence-electron chi connectivity index (χ2n) is 4.04. The topological polar surface area (TPSA) is 103 Å². The van der Waals surface area contributed by atoms with Crippen LogP contribution in [-0.4, -0.2) is 31.4 Å². The zero-order chi connectivity index (χ0) is 12.8. The summed E-state index contributed by atoms with van der Waals surface area (Å²) in [6.07, 6.45) is 2.83. The molecule has 0 aliphatic carbocycles. The molecule has 5 nitrogen and oxygen atoms in total. The van der Waals surface area contributed by atoms with E-state index in [0.29, 0.717) is 12.8 Å². The van der Waals surface area contributed by atoms with Crippen molar-refractivity contribution in [3.05, 3.63) is 0 Å². The summed E-state index contributed by atoms with van der Waals surface area (Å²) in [6, 6.07) is -1.10. The van der Waals surface area contributed by atoms with Gasteiger partial charge in [0.05, 0.1) is 17.0 Å². The van der Waals surface area contributed by atoms with Gasteiger partial charge in [0.1, 0.15) is 0 Å². The molecule has 4 N–H and O–H groups in total. The second-order valence-corrected chi connectivity index (χ2v) is 6.36. The van der Waals surface area contributed by atoms with Gasteiger partial charge in [-0.15, -0.1) is 24.8 Å². The van der Waals surface area contributed by atoms with Crippen molar-refractivity contribution in [3.63, 3.8) is 0 Å². The minimum absolute atomic E-state index is 0. The molecule has 1 amide bonds. The van der Waals surface area contributed by atoms with E-state index in [9.17, 15) is 13.2 Å². The number of primary amides is 1. The molecule has 112 valence electrons. The largest absolute Gasteiger partial charge is 0.368 e. The van der Waals surface area contributed by atoms with Crippen LogP contribution in [0, 0.1) is 0 Å². The van der Waals surface area contributed by atoms with E-state index in [4.69, 9.17) is 11.5 Å². The van der Waals surface area contributed by atoms with Gasteiger partial charge in [-0.25, -0.2) is 8.42 Å². The van der Waals surface area contributed by atoms with Crippen molar-refractivity contribution >= 4 is 40.6 Å². The lowest BCUT2D eigenvalue weighted by Gasteiger charge is -2.17. The lowest BCUT2D eigenvalue weighted by Crippen LogP contribution is -2.44. The molecule has 0 spiro atoms. The highest BCUT2D eigenvalue weighted by Gasteiger charge is 2.27. The van der Waals surface area contributed by atoms with E-state index in [1.807, 2.05) is 13.8 Å². The van der Waals surface area contributed by atoms with Gasteiger partial charge in [0.15, 0.2) is 9.84 Å². The number of nitrogens with two attached hydrogens (primary N) is 2. The molecular weight excluding hydrogens is 299 g/mol. The normalized spacial score (nSPS) is 12.4. The summed E-state index contributed by atoms with van der Waals surface area (Å²) >= 11 is 0. The molecule has 0 saturated carbocycles. The van der Waals surface area contributed by atoms with E-state index < -0.39 is 27.0 Å². The summed E-state index contributed by atoms with van der Waals surface area (Å²) in [6.45, 7) is 3.87. The van der Waals surface area contributed by atoms with Crippen LogP contribution < -0.4 is 11.5 Å². The van der Waals surface area contributed by atoms with Gasteiger partial charge in [0.2, 0.25) is 5.91 Å². The fraction of sp³-hybridized carbons (Fsp3) is 0.900. The average Bonchev–Trinajstić information content (AvgIpc) is 2.16. The lowest BCUT2D eigenvalue weighted by atomic mass is 10.2. The standard InChI is InChI=1S/C10H22N2O3S.2ClH/c1-3-5-8(6-4-2)16(14,15)7-9(11)10(12)13;;/h8-9H,3-7,11H2,1-2H3,(H2,12,13);2*1H/t9-;;/m1../s1. The van der Waals surface area contributed by atoms with Crippen molar-refractivity contribution in [3.8, 4) is 0 Å². The summed E-state index contributed by atoms with van der Waals surface area (Å²) in [4.78, 5) is 10.7. The van der Waals surface area contributed by atoms with Crippen LogP contribution in [-0.2, 0) is 14.6 Å². The van der Waals surface area contributed by atoms with Gasteiger partial charge < -0.3 is 11.5 Å². The first kappa shape index (κ1) is 23.1. The van der Waals surface area contributed by atoms with Crippen molar-refractivity contribution in [2.75, 3.05) is 5.75 Å². The smallest absolute Gasteiger partial charge is 0.235 e. The molecule has 0 rings (SSSR count). The Bertz CT molecular complexity index is 317. The molecule has 0 unspecified atom stereocenters. The fourth-order valence-corrected chi connectivity index (χ4v) is 3.74. The molecule has 0 fully saturated rings. The van der Waals surface area contributed by atoms with E-state index in [0.717, 1.165) is 12.8 Å². The van der Waals surface area contributed by atoms with E-state index in [2.05, 4.69) is 0 Å². The molecule has 0 aromatic rings. The first-order chi connectivity index (χ1) is 7.35. The van der Waals surface area contributed by atoms with Crippen LogP contribution in [0.3, 0.4) is 0 Å². The van der Waals surface area contributed by atoms with E-state index in [1.54, 1.807) is 0 Å². The third-order valence-electron chi connectivity index (χ3n) is 2.51. The van der Waals surface area contributed by atoms with Crippen LogP contribution >= 0.6 is 24.8 Å². The summed E-state index contributed by atoms with van der Waals surface area (Å²) in [7, 11) is -3.32. The van der Waals surface area contributed by atoms with Gasteiger partial charge in [-0.3, -0.25) is 4.79 Å². The monoisotopic (exact) mass is 322 g/mol. The summed E-state index contributed by atoms with van der Waals surface area (Å²) in [5, 5.41) is -0.395. The number of rotatable bonds is 8. The lowest BCUT2D eigenvalue weighted by molar-refractivity contribution is -0.118. The van der Waals surface area contributed by atoms with Crippen LogP contribution in [0.5, 0.6) is 0 Å².